The molecule has 0 atom stereocenters. The number of fused-ring (bicyclic) bond motifs is 1. The van der Waals surface area contributed by atoms with Crippen molar-refractivity contribution < 1.29 is 9.53 Å². The number of aromatic nitrogens is 1. The van der Waals surface area contributed by atoms with E-state index in [0.29, 0.717) is 11.7 Å². The molecule has 1 amide bonds. The molecule has 4 rings (SSSR count). The Morgan fingerprint density at radius 3 is 2.63 bits per heavy atom. The zero-order chi connectivity index (χ0) is 18.6. The van der Waals surface area contributed by atoms with Gasteiger partial charge in [-0.3, -0.25) is 4.98 Å². The highest BCUT2D eigenvalue weighted by Gasteiger charge is 2.24. The summed E-state index contributed by atoms with van der Waals surface area (Å²) in [5, 5.41) is 0.979. The summed E-state index contributed by atoms with van der Waals surface area (Å²) in [7, 11) is 0. The maximum absolute atomic E-state index is 12.5. The quantitative estimate of drug-likeness (QED) is 0.660. The molecule has 0 saturated carbocycles. The van der Waals surface area contributed by atoms with Crippen molar-refractivity contribution in [2.24, 2.45) is 5.92 Å². The third kappa shape index (κ3) is 4.27. The van der Waals surface area contributed by atoms with Gasteiger partial charge in [0.15, 0.2) is 0 Å². The lowest BCUT2D eigenvalue weighted by Crippen LogP contribution is -2.40. The number of piperidine rings is 1. The summed E-state index contributed by atoms with van der Waals surface area (Å²) in [6, 6.07) is 20.1. The van der Waals surface area contributed by atoms with Crippen LogP contribution in [0.4, 0.5) is 4.79 Å². The monoisotopic (exact) mass is 360 g/mol. The van der Waals surface area contributed by atoms with Gasteiger partial charge in [-0.15, -0.1) is 0 Å². The second-order valence-corrected chi connectivity index (χ2v) is 7.30. The number of aryl methyl sites for hydroxylation is 1. The molecule has 4 nitrogen and oxygen atoms in total. The predicted octanol–water partition coefficient (Wildman–Crippen LogP) is 5.00. The Balaban J connectivity index is 1.33. The zero-order valence-electron chi connectivity index (χ0n) is 15.6. The lowest BCUT2D eigenvalue weighted by Gasteiger charge is -2.31. The van der Waals surface area contributed by atoms with Gasteiger partial charge in [-0.2, -0.15) is 0 Å². The van der Waals surface area contributed by atoms with Gasteiger partial charge in [-0.1, -0.05) is 36.4 Å². The van der Waals surface area contributed by atoms with Gasteiger partial charge in [0.25, 0.3) is 0 Å². The minimum atomic E-state index is -0.257. The number of benzene rings is 2. The average molecular weight is 360 g/mol. The van der Waals surface area contributed by atoms with Crippen LogP contribution >= 0.6 is 0 Å². The number of hydrogen-bond acceptors (Lipinski definition) is 3. The maximum Gasteiger partial charge on any atom is 0.415 e. The Morgan fingerprint density at radius 1 is 1.07 bits per heavy atom. The Kier molecular flexibility index (Phi) is 5.05. The summed E-state index contributed by atoms with van der Waals surface area (Å²) in [5.41, 5.74) is 3.26. The smallest absolute Gasteiger partial charge is 0.410 e. The van der Waals surface area contributed by atoms with Crippen molar-refractivity contribution in [1.82, 2.24) is 9.88 Å². The van der Waals surface area contributed by atoms with E-state index in [9.17, 15) is 4.79 Å². The number of ether oxygens (including phenoxy) is 1. The largest absolute Gasteiger partial charge is 0.415 e. The topological polar surface area (TPSA) is 42.4 Å². The second-order valence-electron chi connectivity index (χ2n) is 7.30. The summed E-state index contributed by atoms with van der Waals surface area (Å²) in [4.78, 5) is 18.8. The van der Waals surface area contributed by atoms with Crippen molar-refractivity contribution in [3.05, 3.63) is 71.9 Å². The third-order valence-corrected chi connectivity index (χ3v) is 5.24. The van der Waals surface area contributed by atoms with E-state index in [2.05, 4.69) is 29.2 Å². The first-order valence-electron chi connectivity index (χ1n) is 9.55. The van der Waals surface area contributed by atoms with Gasteiger partial charge in [-0.25, -0.2) is 4.79 Å². The van der Waals surface area contributed by atoms with Crippen molar-refractivity contribution in [1.29, 1.82) is 0 Å². The zero-order valence-corrected chi connectivity index (χ0v) is 15.6. The van der Waals surface area contributed by atoms with E-state index in [4.69, 9.17) is 4.74 Å². The molecule has 0 spiro atoms. The van der Waals surface area contributed by atoms with Crippen LogP contribution in [0.25, 0.3) is 10.9 Å². The molecule has 0 radical (unpaired) electrons. The molecule has 27 heavy (non-hydrogen) atoms. The van der Waals surface area contributed by atoms with E-state index in [1.165, 1.54) is 5.56 Å². The fourth-order valence-electron chi connectivity index (χ4n) is 3.70. The number of carbonyl (C=O) groups excluding carboxylic acids is 1. The van der Waals surface area contributed by atoms with Crippen LogP contribution in [0.1, 0.15) is 24.1 Å². The first-order chi connectivity index (χ1) is 13.2. The van der Waals surface area contributed by atoms with Crippen molar-refractivity contribution in [3.8, 4) is 5.75 Å². The van der Waals surface area contributed by atoms with E-state index in [1.54, 1.807) is 0 Å². The fraction of sp³-hybridized carbons (Fsp3) is 0.304. The number of carbonyl (C=O) groups is 1. The average Bonchev–Trinajstić information content (AvgIpc) is 2.69. The summed E-state index contributed by atoms with van der Waals surface area (Å²) < 4.78 is 5.60. The minimum Gasteiger partial charge on any atom is -0.410 e. The van der Waals surface area contributed by atoms with Gasteiger partial charge >= 0.3 is 6.09 Å². The molecule has 3 aromatic rings. The Morgan fingerprint density at radius 2 is 1.85 bits per heavy atom. The SMILES string of the molecule is Cc1ccc2cc(OC(=O)N3CCC(Cc4ccccc4)CC3)ccc2n1. The number of pyridine rings is 1. The van der Waals surface area contributed by atoms with Crippen molar-refractivity contribution >= 4 is 17.0 Å². The van der Waals surface area contributed by atoms with Crippen molar-refractivity contribution in [2.45, 2.75) is 26.2 Å². The normalized spacial score (nSPS) is 15.1. The van der Waals surface area contributed by atoms with Crippen LogP contribution in [0.5, 0.6) is 5.75 Å². The van der Waals surface area contributed by atoms with E-state index >= 15 is 0 Å². The molecule has 0 aliphatic carbocycles. The number of rotatable bonds is 3. The molecule has 4 heteroatoms. The molecule has 138 valence electrons. The van der Waals surface area contributed by atoms with Crippen molar-refractivity contribution in [3.63, 3.8) is 0 Å². The molecule has 0 unspecified atom stereocenters. The van der Waals surface area contributed by atoms with E-state index in [-0.39, 0.29) is 6.09 Å². The Labute approximate surface area is 159 Å². The van der Waals surface area contributed by atoms with Crippen LogP contribution in [-0.2, 0) is 6.42 Å². The summed E-state index contributed by atoms with van der Waals surface area (Å²) in [5.74, 6) is 1.20. The molecule has 0 bridgehead atoms. The van der Waals surface area contributed by atoms with E-state index in [1.807, 2.05) is 48.2 Å². The highest BCUT2D eigenvalue weighted by molar-refractivity contribution is 5.81. The predicted molar refractivity (Wildman–Crippen MR) is 107 cm³/mol. The Hall–Kier alpha value is -2.88. The van der Waals surface area contributed by atoms with Gasteiger partial charge < -0.3 is 9.64 Å². The molecular weight excluding hydrogens is 336 g/mol. The van der Waals surface area contributed by atoms with Gasteiger partial charge in [0, 0.05) is 24.2 Å². The standard InChI is InChI=1S/C23H24N2O2/c1-17-7-8-20-16-21(9-10-22(20)24-17)27-23(26)25-13-11-19(12-14-25)15-18-5-3-2-4-6-18/h2-10,16,19H,11-15H2,1H3. The number of hydrogen-bond donors (Lipinski definition) is 0. The van der Waals surface area contributed by atoms with Crippen LogP contribution in [-0.4, -0.2) is 29.1 Å². The summed E-state index contributed by atoms with van der Waals surface area (Å²) >= 11 is 0. The highest BCUT2D eigenvalue weighted by atomic mass is 16.6. The van der Waals surface area contributed by atoms with Gasteiger partial charge in [-0.05, 0) is 61.9 Å². The van der Waals surface area contributed by atoms with Crippen LogP contribution < -0.4 is 4.74 Å². The second kappa shape index (κ2) is 7.78. The lowest BCUT2D eigenvalue weighted by atomic mass is 9.90. The lowest BCUT2D eigenvalue weighted by molar-refractivity contribution is 0.131. The molecule has 1 aromatic heterocycles. The fourth-order valence-corrected chi connectivity index (χ4v) is 3.70. The molecule has 2 aromatic carbocycles. The Bertz CT molecular complexity index is 932. The first-order valence-corrected chi connectivity index (χ1v) is 9.55. The molecule has 1 fully saturated rings. The van der Waals surface area contributed by atoms with Crippen LogP contribution in [0, 0.1) is 12.8 Å². The number of nitrogens with zero attached hydrogens (tertiary/aromatic N) is 2. The first kappa shape index (κ1) is 17.5. The molecule has 1 aliphatic rings. The maximum atomic E-state index is 12.5. The molecular formula is C23H24N2O2. The highest BCUT2D eigenvalue weighted by Crippen LogP contribution is 2.24. The van der Waals surface area contributed by atoms with Crippen LogP contribution in [0.2, 0.25) is 0 Å². The molecule has 0 N–H and O–H groups in total. The van der Waals surface area contributed by atoms with Crippen LogP contribution in [0.15, 0.2) is 60.7 Å². The van der Waals surface area contributed by atoms with E-state index < -0.39 is 0 Å². The van der Waals surface area contributed by atoms with Gasteiger partial charge in [0.05, 0.1) is 5.52 Å². The van der Waals surface area contributed by atoms with Crippen molar-refractivity contribution in [2.75, 3.05) is 13.1 Å². The summed E-state index contributed by atoms with van der Waals surface area (Å²) in [6.07, 6.45) is 2.86. The number of likely N-dealkylation sites (tertiary alicyclic amines) is 1. The third-order valence-electron chi connectivity index (χ3n) is 5.24. The van der Waals surface area contributed by atoms with Crippen LogP contribution in [0.3, 0.4) is 0 Å². The van der Waals surface area contributed by atoms with Gasteiger partial charge in [0.1, 0.15) is 5.75 Å². The molecule has 2 heterocycles. The number of amides is 1. The molecule has 1 aliphatic heterocycles. The summed E-state index contributed by atoms with van der Waals surface area (Å²) in [6.45, 7) is 3.48. The van der Waals surface area contributed by atoms with Gasteiger partial charge in [0.2, 0.25) is 0 Å². The van der Waals surface area contributed by atoms with E-state index in [0.717, 1.165) is 48.9 Å². The minimum absolute atomic E-state index is 0.257. The molecule has 1 saturated heterocycles.